The maximum absolute atomic E-state index is 11.4. The Labute approximate surface area is 101 Å². The molecule has 0 N–H and O–H groups in total. The largest absolute Gasteiger partial charge is 0.489 e. The molecule has 0 aliphatic carbocycles. The molecule has 0 amide bonds. The Balaban J connectivity index is 2.14. The molecule has 4 heteroatoms. The molecule has 1 aromatic carbocycles. The summed E-state index contributed by atoms with van der Waals surface area (Å²) in [5, 5.41) is 0. The van der Waals surface area contributed by atoms with Gasteiger partial charge in [-0.25, -0.2) is 4.79 Å². The number of anilines is 1. The van der Waals surface area contributed by atoms with Gasteiger partial charge >= 0.3 is 5.97 Å². The second kappa shape index (κ2) is 4.65. The highest BCUT2D eigenvalue weighted by Gasteiger charge is 2.42. The van der Waals surface area contributed by atoms with Crippen LogP contribution in [0.3, 0.4) is 0 Å². The number of benzene rings is 1. The van der Waals surface area contributed by atoms with Crippen LogP contribution in [0.2, 0.25) is 0 Å². The van der Waals surface area contributed by atoms with Crippen molar-refractivity contribution in [2.75, 3.05) is 18.6 Å². The Morgan fingerprint density at radius 3 is 2.76 bits per heavy atom. The average molecular weight is 235 g/mol. The van der Waals surface area contributed by atoms with Gasteiger partial charge in [-0.05, 0) is 26.0 Å². The summed E-state index contributed by atoms with van der Waals surface area (Å²) >= 11 is 0. The molecule has 0 spiro atoms. The van der Waals surface area contributed by atoms with E-state index in [9.17, 15) is 4.79 Å². The fraction of sp³-hybridized carbons (Fsp3) is 0.462. The van der Waals surface area contributed by atoms with E-state index in [1.165, 1.54) is 7.11 Å². The molecule has 1 fully saturated rings. The lowest BCUT2D eigenvalue weighted by molar-refractivity contribution is -0.139. The van der Waals surface area contributed by atoms with E-state index in [0.29, 0.717) is 6.54 Å². The summed E-state index contributed by atoms with van der Waals surface area (Å²) in [5.41, 5.74) is 0.955. The van der Waals surface area contributed by atoms with Gasteiger partial charge < -0.3 is 14.4 Å². The van der Waals surface area contributed by atoms with E-state index in [1.807, 2.05) is 43.0 Å². The molecule has 1 aliphatic heterocycles. The molecule has 17 heavy (non-hydrogen) atoms. The van der Waals surface area contributed by atoms with Crippen molar-refractivity contribution in [2.45, 2.75) is 26.0 Å². The maximum Gasteiger partial charge on any atom is 0.330 e. The van der Waals surface area contributed by atoms with Crippen molar-refractivity contribution < 1.29 is 14.3 Å². The smallest absolute Gasteiger partial charge is 0.330 e. The number of rotatable bonds is 4. The van der Waals surface area contributed by atoms with E-state index < -0.39 is 0 Å². The molecular formula is C13H17NO3. The lowest BCUT2D eigenvalue weighted by Gasteiger charge is -2.15. The molecule has 0 bridgehead atoms. The number of hydrogen-bond donors (Lipinski definition) is 0. The van der Waals surface area contributed by atoms with E-state index in [1.54, 1.807) is 0 Å². The molecular weight excluding hydrogens is 218 g/mol. The van der Waals surface area contributed by atoms with Crippen LogP contribution < -0.4 is 9.64 Å². The quantitative estimate of drug-likeness (QED) is 0.589. The van der Waals surface area contributed by atoms with Crippen molar-refractivity contribution in [1.29, 1.82) is 0 Å². The molecule has 1 unspecified atom stereocenters. The average Bonchev–Trinajstić information content (AvgIpc) is 3.08. The summed E-state index contributed by atoms with van der Waals surface area (Å²) in [6, 6.07) is 7.59. The Morgan fingerprint density at radius 1 is 1.41 bits per heavy atom. The second-order valence-corrected chi connectivity index (χ2v) is 4.33. The van der Waals surface area contributed by atoms with Crippen LogP contribution in [-0.4, -0.2) is 31.8 Å². The topological polar surface area (TPSA) is 38.5 Å². The predicted octanol–water partition coefficient (Wildman–Crippen LogP) is 1.84. The molecule has 1 aromatic rings. The third kappa shape index (κ3) is 2.52. The fourth-order valence-corrected chi connectivity index (χ4v) is 1.79. The molecule has 1 heterocycles. The first-order valence-corrected chi connectivity index (χ1v) is 5.73. The van der Waals surface area contributed by atoms with Gasteiger partial charge in [0.1, 0.15) is 11.8 Å². The van der Waals surface area contributed by atoms with Crippen molar-refractivity contribution >= 4 is 11.7 Å². The van der Waals surface area contributed by atoms with Gasteiger partial charge in [0.2, 0.25) is 0 Å². The lowest BCUT2D eigenvalue weighted by atomic mass is 10.3. The molecule has 1 aliphatic rings. The van der Waals surface area contributed by atoms with Crippen LogP contribution in [0.25, 0.3) is 0 Å². The highest BCUT2D eigenvalue weighted by atomic mass is 16.5. The van der Waals surface area contributed by atoms with Gasteiger partial charge in [0, 0.05) is 0 Å². The normalized spacial score (nSPS) is 18.1. The molecule has 0 saturated carbocycles. The number of para-hydroxylation sites is 2. The number of nitrogens with zero attached hydrogens (tertiary/aromatic N) is 1. The summed E-state index contributed by atoms with van der Waals surface area (Å²) in [7, 11) is 1.41. The summed E-state index contributed by atoms with van der Waals surface area (Å²) in [6.07, 6.45) is 0.118. The Morgan fingerprint density at radius 2 is 2.12 bits per heavy atom. The summed E-state index contributed by atoms with van der Waals surface area (Å²) in [4.78, 5) is 13.4. The van der Waals surface area contributed by atoms with Crippen molar-refractivity contribution in [3.05, 3.63) is 24.3 Å². The molecule has 1 atom stereocenters. The van der Waals surface area contributed by atoms with Crippen molar-refractivity contribution in [3.63, 3.8) is 0 Å². The van der Waals surface area contributed by atoms with Gasteiger partial charge in [-0.2, -0.15) is 0 Å². The molecule has 1 saturated heterocycles. The zero-order valence-corrected chi connectivity index (χ0v) is 10.3. The summed E-state index contributed by atoms with van der Waals surface area (Å²) < 4.78 is 10.4. The molecule has 4 nitrogen and oxygen atoms in total. The van der Waals surface area contributed by atoms with Gasteiger partial charge in [0.05, 0.1) is 25.4 Å². The van der Waals surface area contributed by atoms with E-state index in [4.69, 9.17) is 9.47 Å². The maximum atomic E-state index is 11.4. The number of carbonyl (C=O) groups excluding carboxylic acids is 1. The number of ether oxygens (including phenoxy) is 2. The minimum absolute atomic E-state index is 0.118. The Hall–Kier alpha value is -1.71. The standard InChI is InChI=1S/C13H17NO3/c1-9(2)17-12-7-5-4-6-10(12)14-8-11(14)13(15)16-3/h4-7,9,11H,8H2,1-3H3. The highest BCUT2D eigenvalue weighted by Crippen LogP contribution is 2.36. The van der Waals surface area contributed by atoms with Gasteiger partial charge in [0.25, 0.3) is 0 Å². The first-order valence-electron chi connectivity index (χ1n) is 5.73. The fourth-order valence-electron chi connectivity index (χ4n) is 1.79. The van der Waals surface area contributed by atoms with E-state index in [0.717, 1.165) is 11.4 Å². The van der Waals surface area contributed by atoms with Crippen LogP contribution in [0.1, 0.15) is 13.8 Å². The zero-order valence-electron chi connectivity index (χ0n) is 10.3. The van der Waals surface area contributed by atoms with Gasteiger partial charge in [-0.15, -0.1) is 0 Å². The van der Waals surface area contributed by atoms with Crippen molar-refractivity contribution in [1.82, 2.24) is 0 Å². The van der Waals surface area contributed by atoms with Crippen molar-refractivity contribution in [2.24, 2.45) is 0 Å². The predicted molar refractivity (Wildman–Crippen MR) is 65.4 cm³/mol. The lowest BCUT2D eigenvalue weighted by Crippen LogP contribution is -2.15. The van der Waals surface area contributed by atoms with Crippen LogP contribution in [-0.2, 0) is 9.53 Å². The molecule has 2 rings (SSSR count). The SMILES string of the molecule is COC(=O)C1CN1c1ccccc1OC(C)C. The molecule has 0 radical (unpaired) electrons. The second-order valence-electron chi connectivity index (χ2n) is 4.33. The van der Waals surface area contributed by atoms with Crippen LogP contribution in [0.15, 0.2) is 24.3 Å². The monoisotopic (exact) mass is 235 g/mol. The third-order valence-electron chi connectivity index (χ3n) is 2.62. The van der Waals surface area contributed by atoms with E-state index in [2.05, 4.69) is 0 Å². The highest BCUT2D eigenvalue weighted by molar-refractivity contribution is 5.87. The number of esters is 1. The third-order valence-corrected chi connectivity index (χ3v) is 2.62. The van der Waals surface area contributed by atoms with Gasteiger partial charge in [-0.3, -0.25) is 0 Å². The first kappa shape index (κ1) is 11.8. The number of hydrogen-bond acceptors (Lipinski definition) is 4. The van der Waals surface area contributed by atoms with Crippen LogP contribution in [0.4, 0.5) is 5.69 Å². The van der Waals surface area contributed by atoms with Gasteiger partial charge in [0.15, 0.2) is 0 Å². The molecule has 0 aromatic heterocycles. The van der Waals surface area contributed by atoms with Crippen LogP contribution in [0.5, 0.6) is 5.75 Å². The van der Waals surface area contributed by atoms with Crippen molar-refractivity contribution in [3.8, 4) is 5.75 Å². The number of carbonyl (C=O) groups is 1. The summed E-state index contributed by atoms with van der Waals surface area (Å²) in [5.74, 6) is 0.623. The Bertz CT molecular complexity index is 417. The first-order chi connectivity index (χ1) is 8.13. The Kier molecular flexibility index (Phi) is 3.22. The number of methoxy groups -OCH3 is 1. The van der Waals surface area contributed by atoms with E-state index >= 15 is 0 Å². The van der Waals surface area contributed by atoms with Crippen LogP contribution >= 0.6 is 0 Å². The van der Waals surface area contributed by atoms with Crippen LogP contribution in [0, 0.1) is 0 Å². The minimum Gasteiger partial charge on any atom is -0.489 e. The minimum atomic E-state index is -0.190. The summed E-state index contributed by atoms with van der Waals surface area (Å²) in [6.45, 7) is 4.67. The van der Waals surface area contributed by atoms with Gasteiger partial charge in [-0.1, -0.05) is 12.1 Å². The molecule has 92 valence electrons. The van der Waals surface area contributed by atoms with E-state index in [-0.39, 0.29) is 18.1 Å². The zero-order chi connectivity index (χ0) is 12.4.